The van der Waals surface area contributed by atoms with E-state index < -0.39 is 0 Å². The zero-order valence-electron chi connectivity index (χ0n) is 13.6. The fourth-order valence-electron chi connectivity index (χ4n) is 2.56. The Balaban J connectivity index is 2.27. The molecule has 0 radical (unpaired) electrons. The van der Waals surface area contributed by atoms with Gasteiger partial charge in [0.25, 0.3) is 0 Å². The molecule has 2 aromatic carbocycles. The molecule has 5 nitrogen and oxygen atoms in total. The molecule has 0 saturated heterocycles. The number of amides is 1. The number of aromatic nitrogens is 1. The minimum atomic E-state index is -0.337. The first-order valence-electron chi connectivity index (χ1n) is 7.88. The molecule has 0 unspecified atom stereocenters. The van der Waals surface area contributed by atoms with Gasteiger partial charge in [-0.15, -0.1) is 0 Å². The van der Waals surface area contributed by atoms with Gasteiger partial charge < -0.3 is 9.30 Å². The molecule has 3 aromatic rings. The average molecular weight is 342 g/mol. The SMILES string of the molecule is CCOC(=O)Cn1c(=NC(=O)CC)sc2c3ccccc3ccc21. The molecule has 0 spiro atoms. The average Bonchev–Trinajstić information content (AvgIpc) is 2.92. The van der Waals surface area contributed by atoms with Gasteiger partial charge in [0.15, 0.2) is 4.80 Å². The smallest absolute Gasteiger partial charge is 0.326 e. The van der Waals surface area contributed by atoms with E-state index in [-0.39, 0.29) is 18.4 Å². The van der Waals surface area contributed by atoms with Crippen molar-refractivity contribution >= 4 is 44.2 Å². The summed E-state index contributed by atoms with van der Waals surface area (Å²) < 4.78 is 7.83. The zero-order chi connectivity index (χ0) is 17.1. The highest BCUT2D eigenvalue weighted by atomic mass is 32.1. The molecule has 0 aliphatic carbocycles. The highest BCUT2D eigenvalue weighted by Gasteiger charge is 2.13. The molecule has 0 atom stereocenters. The number of fused-ring (bicyclic) bond motifs is 3. The van der Waals surface area contributed by atoms with Crippen LogP contribution in [0.1, 0.15) is 20.3 Å². The fourth-order valence-corrected chi connectivity index (χ4v) is 3.74. The van der Waals surface area contributed by atoms with Crippen LogP contribution in [-0.4, -0.2) is 23.1 Å². The number of esters is 1. The summed E-state index contributed by atoms with van der Waals surface area (Å²) in [6, 6.07) is 12.0. The lowest BCUT2D eigenvalue weighted by Gasteiger charge is -2.05. The van der Waals surface area contributed by atoms with Gasteiger partial charge in [-0.3, -0.25) is 9.59 Å². The molecule has 24 heavy (non-hydrogen) atoms. The second-order valence-electron chi connectivity index (χ2n) is 5.27. The third-order valence-electron chi connectivity index (χ3n) is 3.69. The summed E-state index contributed by atoms with van der Waals surface area (Å²) in [4.78, 5) is 28.5. The predicted octanol–water partition coefficient (Wildman–Crippen LogP) is 3.26. The van der Waals surface area contributed by atoms with Crippen LogP contribution >= 0.6 is 11.3 Å². The van der Waals surface area contributed by atoms with Crippen molar-refractivity contribution in [1.29, 1.82) is 0 Å². The molecule has 0 bridgehead atoms. The van der Waals surface area contributed by atoms with E-state index in [9.17, 15) is 9.59 Å². The van der Waals surface area contributed by atoms with Crippen molar-refractivity contribution in [3.05, 3.63) is 41.2 Å². The molecule has 1 aromatic heterocycles. The van der Waals surface area contributed by atoms with Crippen LogP contribution in [0, 0.1) is 0 Å². The summed E-state index contributed by atoms with van der Waals surface area (Å²) in [7, 11) is 0. The molecule has 0 aliphatic rings. The minimum Gasteiger partial charge on any atom is -0.465 e. The first-order chi connectivity index (χ1) is 11.6. The number of thiazole rings is 1. The third-order valence-corrected chi connectivity index (χ3v) is 4.82. The Bertz CT molecular complexity index is 985. The maximum absolute atomic E-state index is 12.0. The number of nitrogens with zero attached hydrogens (tertiary/aromatic N) is 2. The van der Waals surface area contributed by atoms with Crippen molar-refractivity contribution in [2.45, 2.75) is 26.8 Å². The summed E-state index contributed by atoms with van der Waals surface area (Å²) in [5, 5.41) is 2.20. The molecule has 0 N–H and O–H groups in total. The van der Waals surface area contributed by atoms with Crippen LogP contribution in [0.5, 0.6) is 0 Å². The lowest BCUT2D eigenvalue weighted by Crippen LogP contribution is -2.23. The highest BCUT2D eigenvalue weighted by molar-refractivity contribution is 7.17. The number of rotatable bonds is 4. The molecule has 0 fully saturated rings. The Morgan fingerprint density at radius 3 is 2.71 bits per heavy atom. The number of hydrogen-bond acceptors (Lipinski definition) is 4. The molecule has 3 rings (SSSR count). The molecule has 6 heteroatoms. The summed E-state index contributed by atoms with van der Waals surface area (Å²) in [6.07, 6.45) is 0.328. The van der Waals surface area contributed by atoms with Gasteiger partial charge in [0.05, 0.1) is 16.8 Å². The van der Waals surface area contributed by atoms with Gasteiger partial charge in [-0.25, -0.2) is 0 Å². The lowest BCUT2D eigenvalue weighted by atomic mass is 10.1. The van der Waals surface area contributed by atoms with Gasteiger partial charge in [0.1, 0.15) is 6.54 Å². The molecule has 124 valence electrons. The fraction of sp³-hybridized carbons (Fsp3) is 0.278. The van der Waals surface area contributed by atoms with Crippen molar-refractivity contribution in [1.82, 2.24) is 4.57 Å². The van der Waals surface area contributed by atoms with E-state index in [0.717, 1.165) is 21.0 Å². The quantitative estimate of drug-likeness (QED) is 0.684. The number of carbonyl (C=O) groups excluding carboxylic acids is 2. The van der Waals surface area contributed by atoms with Crippen molar-refractivity contribution < 1.29 is 14.3 Å². The van der Waals surface area contributed by atoms with Crippen LogP contribution in [-0.2, 0) is 20.9 Å². The van der Waals surface area contributed by atoms with Crippen LogP contribution < -0.4 is 4.80 Å². The summed E-state index contributed by atoms with van der Waals surface area (Å²) in [5.74, 6) is -0.542. The van der Waals surface area contributed by atoms with Crippen LogP contribution in [0.2, 0.25) is 0 Å². The second kappa shape index (κ2) is 6.97. The van der Waals surface area contributed by atoms with Gasteiger partial charge in [0, 0.05) is 11.8 Å². The molecular weight excluding hydrogens is 324 g/mol. The highest BCUT2D eigenvalue weighted by Crippen LogP contribution is 2.27. The summed E-state index contributed by atoms with van der Waals surface area (Å²) in [6.45, 7) is 3.91. The Morgan fingerprint density at radius 1 is 1.17 bits per heavy atom. The van der Waals surface area contributed by atoms with Crippen LogP contribution in [0.25, 0.3) is 21.0 Å². The Hall–Kier alpha value is -2.47. The normalized spacial score (nSPS) is 12.0. The largest absolute Gasteiger partial charge is 0.465 e. The van der Waals surface area contributed by atoms with E-state index in [1.165, 1.54) is 11.3 Å². The van der Waals surface area contributed by atoms with Crippen LogP contribution in [0.15, 0.2) is 41.4 Å². The van der Waals surface area contributed by atoms with Gasteiger partial charge in [-0.05, 0) is 18.4 Å². The van der Waals surface area contributed by atoms with Crippen molar-refractivity contribution in [2.75, 3.05) is 6.61 Å². The van der Waals surface area contributed by atoms with E-state index in [4.69, 9.17) is 4.74 Å². The monoisotopic (exact) mass is 342 g/mol. The van der Waals surface area contributed by atoms with E-state index in [0.29, 0.717) is 17.8 Å². The number of hydrogen-bond donors (Lipinski definition) is 0. The predicted molar refractivity (Wildman–Crippen MR) is 94.8 cm³/mol. The maximum atomic E-state index is 12.0. The van der Waals surface area contributed by atoms with E-state index in [1.807, 2.05) is 36.4 Å². The maximum Gasteiger partial charge on any atom is 0.326 e. The van der Waals surface area contributed by atoms with Crippen LogP contribution in [0.4, 0.5) is 0 Å². The van der Waals surface area contributed by atoms with Crippen LogP contribution in [0.3, 0.4) is 0 Å². The Labute approximate surface area is 143 Å². The summed E-state index contributed by atoms with van der Waals surface area (Å²) in [5.41, 5.74) is 0.884. The summed E-state index contributed by atoms with van der Waals surface area (Å²) >= 11 is 1.42. The topological polar surface area (TPSA) is 60.7 Å². The van der Waals surface area contributed by atoms with Gasteiger partial charge in [-0.2, -0.15) is 4.99 Å². The van der Waals surface area contributed by atoms with Gasteiger partial charge in [-0.1, -0.05) is 48.6 Å². The Morgan fingerprint density at radius 2 is 1.96 bits per heavy atom. The molecule has 0 saturated carbocycles. The van der Waals surface area contributed by atoms with E-state index in [1.54, 1.807) is 18.4 Å². The van der Waals surface area contributed by atoms with Crippen molar-refractivity contribution in [3.63, 3.8) is 0 Å². The van der Waals surface area contributed by atoms with Gasteiger partial charge >= 0.3 is 5.97 Å². The molecule has 1 heterocycles. The number of carbonyl (C=O) groups is 2. The molecular formula is C18H18N2O3S. The van der Waals surface area contributed by atoms with E-state index >= 15 is 0 Å². The van der Waals surface area contributed by atoms with Crippen molar-refractivity contribution in [2.24, 2.45) is 4.99 Å². The molecule has 0 aliphatic heterocycles. The first kappa shape index (κ1) is 16.4. The standard InChI is InChI=1S/C18H18N2O3S/c1-3-15(21)19-18-20(11-16(22)23-4-2)14-10-9-12-7-5-6-8-13(12)17(14)24-18/h5-10H,3-4,11H2,1-2H3. The minimum absolute atomic E-state index is 0.0437. The van der Waals surface area contributed by atoms with E-state index in [2.05, 4.69) is 4.99 Å². The van der Waals surface area contributed by atoms with Crippen molar-refractivity contribution in [3.8, 4) is 0 Å². The zero-order valence-corrected chi connectivity index (χ0v) is 14.4. The lowest BCUT2D eigenvalue weighted by molar-refractivity contribution is -0.143. The number of benzene rings is 2. The first-order valence-corrected chi connectivity index (χ1v) is 8.70. The third kappa shape index (κ3) is 3.10. The molecule has 1 amide bonds. The second-order valence-corrected chi connectivity index (χ2v) is 6.25. The number of ether oxygens (including phenoxy) is 1. The Kier molecular flexibility index (Phi) is 4.76. The van der Waals surface area contributed by atoms with Gasteiger partial charge in [0.2, 0.25) is 5.91 Å².